The average molecular weight is 341 g/mol. The molecule has 0 aliphatic carbocycles. The minimum Gasteiger partial charge on any atom is -0.482 e. The third-order valence-electron chi connectivity index (χ3n) is 2.55. The summed E-state index contributed by atoms with van der Waals surface area (Å²) < 4.78 is 18.5. The number of hydrogen-bond acceptors (Lipinski definition) is 3. The first-order chi connectivity index (χ1) is 10.6. The summed E-state index contributed by atoms with van der Waals surface area (Å²) in [7, 11) is 0. The van der Waals surface area contributed by atoms with Gasteiger partial charge in [0.05, 0.1) is 11.2 Å². The summed E-state index contributed by atoms with van der Waals surface area (Å²) in [6.45, 7) is -0.297. The number of hydrazone groups is 1. The zero-order valence-corrected chi connectivity index (χ0v) is 12.7. The van der Waals surface area contributed by atoms with Gasteiger partial charge in [0.2, 0.25) is 0 Å². The van der Waals surface area contributed by atoms with Crippen molar-refractivity contribution in [3.63, 3.8) is 0 Å². The predicted molar refractivity (Wildman–Crippen MR) is 84.1 cm³/mol. The lowest BCUT2D eigenvalue weighted by Crippen LogP contribution is -2.24. The standard InChI is InChI=1S/C15H11Cl2FN2O2/c16-11-5-6-12(17)14(7-11)22-9-15(21)20-19-8-10-3-1-2-4-13(10)18/h1-8H,9H2,(H,20,21). The molecule has 7 heteroatoms. The third kappa shape index (κ3) is 4.72. The van der Waals surface area contributed by atoms with Crippen molar-refractivity contribution in [3.8, 4) is 5.75 Å². The number of nitrogens with zero attached hydrogens (tertiary/aromatic N) is 1. The van der Waals surface area contributed by atoms with Gasteiger partial charge < -0.3 is 4.74 Å². The first-order valence-corrected chi connectivity index (χ1v) is 6.96. The van der Waals surface area contributed by atoms with Crippen molar-refractivity contribution >= 4 is 35.3 Å². The summed E-state index contributed by atoms with van der Waals surface area (Å²) in [4.78, 5) is 11.6. The van der Waals surface area contributed by atoms with Gasteiger partial charge in [0.15, 0.2) is 6.61 Å². The van der Waals surface area contributed by atoms with Crippen LogP contribution in [0.1, 0.15) is 5.56 Å². The molecule has 0 fully saturated rings. The number of hydrogen-bond donors (Lipinski definition) is 1. The van der Waals surface area contributed by atoms with Crippen LogP contribution in [0.15, 0.2) is 47.6 Å². The first-order valence-electron chi connectivity index (χ1n) is 6.20. The van der Waals surface area contributed by atoms with Gasteiger partial charge in [0, 0.05) is 16.7 Å². The van der Waals surface area contributed by atoms with Crippen LogP contribution >= 0.6 is 23.2 Å². The molecule has 2 rings (SSSR count). The number of carbonyl (C=O) groups is 1. The minimum absolute atomic E-state index is 0.265. The zero-order valence-electron chi connectivity index (χ0n) is 11.2. The van der Waals surface area contributed by atoms with Crippen LogP contribution in [-0.2, 0) is 4.79 Å². The molecule has 22 heavy (non-hydrogen) atoms. The Kier molecular flexibility index (Phi) is 5.75. The lowest BCUT2D eigenvalue weighted by Gasteiger charge is -2.07. The van der Waals surface area contributed by atoms with Crippen molar-refractivity contribution in [2.45, 2.75) is 0 Å². The van der Waals surface area contributed by atoms with E-state index in [1.54, 1.807) is 24.3 Å². The highest BCUT2D eigenvalue weighted by Crippen LogP contribution is 2.27. The number of nitrogens with one attached hydrogen (secondary N) is 1. The molecule has 4 nitrogen and oxygen atoms in total. The predicted octanol–water partition coefficient (Wildman–Crippen LogP) is 3.66. The van der Waals surface area contributed by atoms with Gasteiger partial charge in [0.1, 0.15) is 11.6 Å². The number of halogens is 3. The van der Waals surface area contributed by atoms with Crippen LogP contribution in [0.2, 0.25) is 10.0 Å². The molecule has 0 saturated carbocycles. The van der Waals surface area contributed by atoms with Gasteiger partial charge in [0.25, 0.3) is 5.91 Å². The van der Waals surface area contributed by atoms with Gasteiger partial charge in [-0.15, -0.1) is 0 Å². The molecule has 2 aromatic carbocycles. The van der Waals surface area contributed by atoms with Gasteiger partial charge in [-0.3, -0.25) is 4.79 Å². The van der Waals surface area contributed by atoms with E-state index in [-0.39, 0.29) is 12.2 Å². The molecular formula is C15H11Cl2FN2O2. The quantitative estimate of drug-likeness (QED) is 0.667. The van der Waals surface area contributed by atoms with Crippen LogP contribution in [-0.4, -0.2) is 18.7 Å². The van der Waals surface area contributed by atoms with Crippen LogP contribution < -0.4 is 10.2 Å². The highest BCUT2D eigenvalue weighted by Gasteiger charge is 2.06. The topological polar surface area (TPSA) is 50.7 Å². The minimum atomic E-state index is -0.511. The van der Waals surface area contributed by atoms with E-state index in [1.165, 1.54) is 24.4 Å². The lowest BCUT2D eigenvalue weighted by molar-refractivity contribution is -0.123. The molecular weight excluding hydrogens is 330 g/mol. The van der Waals surface area contributed by atoms with Crippen LogP contribution in [0.5, 0.6) is 5.75 Å². The van der Waals surface area contributed by atoms with Crippen molar-refractivity contribution in [2.75, 3.05) is 6.61 Å². The lowest BCUT2D eigenvalue weighted by atomic mass is 10.2. The maximum atomic E-state index is 13.3. The normalized spacial score (nSPS) is 10.7. The molecule has 1 N–H and O–H groups in total. The highest BCUT2D eigenvalue weighted by atomic mass is 35.5. The fraction of sp³-hybridized carbons (Fsp3) is 0.0667. The van der Waals surface area contributed by atoms with Gasteiger partial charge in [-0.1, -0.05) is 41.4 Å². The fourth-order valence-corrected chi connectivity index (χ4v) is 1.85. The smallest absolute Gasteiger partial charge is 0.277 e. The molecule has 0 aliphatic heterocycles. The molecule has 0 saturated heterocycles. The summed E-state index contributed by atoms with van der Waals surface area (Å²) >= 11 is 11.7. The summed E-state index contributed by atoms with van der Waals surface area (Å²) in [5.41, 5.74) is 2.49. The van der Waals surface area contributed by atoms with E-state index in [9.17, 15) is 9.18 Å². The second-order valence-corrected chi connectivity index (χ2v) is 5.02. The first kappa shape index (κ1) is 16.3. The number of rotatable bonds is 5. The van der Waals surface area contributed by atoms with Crippen LogP contribution in [0, 0.1) is 5.82 Å². The summed E-state index contributed by atoms with van der Waals surface area (Å²) in [6.07, 6.45) is 1.21. The van der Waals surface area contributed by atoms with Crippen molar-refractivity contribution in [1.82, 2.24) is 5.43 Å². The Hall–Kier alpha value is -2.11. The van der Waals surface area contributed by atoms with Crippen LogP contribution in [0.4, 0.5) is 4.39 Å². The van der Waals surface area contributed by atoms with E-state index in [0.29, 0.717) is 15.8 Å². The Morgan fingerprint density at radius 1 is 1.27 bits per heavy atom. The molecule has 0 aliphatic rings. The molecule has 0 heterocycles. The second-order valence-electron chi connectivity index (χ2n) is 4.18. The van der Waals surface area contributed by atoms with E-state index >= 15 is 0 Å². The molecule has 0 aromatic heterocycles. The highest BCUT2D eigenvalue weighted by molar-refractivity contribution is 6.34. The van der Waals surface area contributed by atoms with Crippen molar-refractivity contribution in [3.05, 3.63) is 63.9 Å². The average Bonchev–Trinajstić information content (AvgIpc) is 2.50. The Balaban J connectivity index is 1.86. The van der Waals surface area contributed by atoms with Gasteiger partial charge in [-0.05, 0) is 18.2 Å². The fourth-order valence-electron chi connectivity index (χ4n) is 1.52. The number of ether oxygens (including phenoxy) is 1. The van der Waals surface area contributed by atoms with E-state index in [4.69, 9.17) is 27.9 Å². The molecule has 0 atom stereocenters. The molecule has 0 bridgehead atoms. The second kappa shape index (κ2) is 7.77. The van der Waals surface area contributed by atoms with Crippen molar-refractivity contribution in [2.24, 2.45) is 5.10 Å². The van der Waals surface area contributed by atoms with Crippen LogP contribution in [0.3, 0.4) is 0 Å². The third-order valence-corrected chi connectivity index (χ3v) is 3.10. The Morgan fingerprint density at radius 3 is 2.82 bits per heavy atom. The molecule has 0 radical (unpaired) electrons. The largest absolute Gasteiger partial charge is 0.482 e. The van der Waals surface area contributed by atoms with Crippen molar-refractivity contribution in [1.29, 1.82) is 0 Å². The Bertz CT molecular complexity index is 708. The van der Waals surface area contributed by atoms with Gasteiger partial charge in [-0.25, -0.2) is 9.82 Å². The van der Waals surface area contributed by atoms with E-state index in [0.717, 1.165) is 0 Å². The maximum absolute atomic E-state index is 13.3. The van der Waals surface area contributed by atoms with Crippen LogP contribution in [0.25, 0.3) is 0 Å². The summed E-state index contributed by atoms with van der Waals surface area (Å²) in [5.74, 6) is -0.645. The molecule has 0 spiro atoms. The van der Waals surface area contributed by atoms with E-state index < -0.39 is 11.7 Å². The summed E-state index contributed by atoms with van der Waals surface area (Å²) in [5, 5.41) is 4.43. The monoisotopic (exact) mass is 340 g/mol. The Labute approximate surface area is 136 Å². The van der Waals surface area contributed by atoms with Crippen molar-refractivity contribution < 1.29 is 13.9 Å². The number of benzene rings is 2. The molecule has 114 valence electrons. The summed E-state index contributed by atoms with van der Waals surface area (Å²) in [6, 6.07) is 10.7. The van der Waals surface area contributed by atoms with Gasteiger partial charge in [-0.2, -0.15) is 5.10 Å². The molecule has 2 aromatic rings. The zero-order chi connectivity index (χ0) is 15.9. The van der Waals surface area contributed by atoms with E-state index in [2.05, 4.69) is 10.5 Å². The maximum Gasteiger partial charge on any atom is 0.277 e. The molecule has 0 unspecified atom stereocenters. The van der Waals surface area contributed by atoms with Gasteiger partial charge >= 0.3 is 0 Å². The Morgan fingerprint density at radius 2 is 2.05 bits per heavy atom. The number of carbonyl (C=O) groups excluding carboxylic acids is 1. The SMILES string of the molecule is O=C(COc1cc(Cl)ccc1Cl)NN=Cc1ccccc1F. The molecule has 1 amide bonds. The number of amides is 1. The van der Waals surface area contributed by atoms with E-state index in [1.807, 2.05) is 0 Å².